The van der Waals surface area contributed by atoms with E-state index in [0.717, 1.165) is 19.5 Å². The number of hydrogen-bond donors (Lipinski definition) is 1. The van der Waals surface area contributed by atoms with Crippen LogP contribution in [-0.4, -0.2) is 78.2 Å². The fourth-order valence-corrected chi connectivity index (χ4v) is 3.23. The lowest BCUT2D eigenvalue weighted by Gasteiger charge is -2.36. The minimum Gasteiger partial charge on any atom is -0.368 e. The second kappa shape index (κ2) is 11.9. The van der Waals surface area contributed by atoms with Gasteiger partial charge in [0.1, 0.15) is 12.1 Å². The lowest BCUT2D eigenvalue weighted by Crippen LogP contribution is -2.56. The molecule has 0 aromatic carbocycles. The standard InChI is InChI=1S/C19H38N4O3/c1-8-11-16(24)21(6)15(12-13-23(9-2)10-3)19(26)22(7)17(14(4)5)18(20)25/h14-15,17H,8-13H2,1-7H3,(H2,20,25)/t15-,17+/m1/s1. The number of nitrogens with zero attached hydrogens (tertiary/aromatic N) is 3. The molecule has 0 aromatic heterocycles. The van der Waals surface area contributed by atoms with Gasteiger partial charge in [0.2, 0.25) is 17.7 Å². The van der Waals surface area contributed by atoms with Crippen LogP contribution < -0.4 is 5.73 Å². The largest absolute Gasteiger partial charge is 0.368 e. The summed E-state index contributed by atoms with van der Waals surface area (Å²) < 4.78 is 0. The summed E-state index contributed by atoms with van der Waals surface area (Å²) in [5.74, 6) is -0.914. The van der Waals surface area contributed by atoms with Crippen LogP contribution in [0.3, 0.4) is 0 Å². The number of amides is 3. The maximum Gasteiger partial charge on any atom is 0.245 e. The Morgan fingerprint density at radius 3 is 1.88 bits per heavy atom. The minimum atomic E-state index is -0.687. The molecule has 3 amide bonds. The second-order valence-corrected chi connectivity index (χ2v) is 7.13. The summed E-state index contributed by atoms with van der Waals surface area (Å²) in [5.41, 5.74) is 5.50. The monoisotopic (exact) mass is 370 g/mol. The molecule has 0 unspecified atom stereocenters. The number of rotatable bonds is 12. The van der Waals surface area contributed by atoms with Crippen molar-refractivity contribution < 1.29 is 14.4 Å². The summed E-state index contributed by atoms with van der Waals surface area (Å²) >= 11 is 0. The molecule has 2 N–H and O–H groups in total. The van der Waals surface area contributed by atoms with Crippen molar-refractivity contribution in [1.82, 2.24) is 14.7 Å². The van der Waals surface area contributed by atoms with Crippen LogP contribution >= 0.6 is 0 Å². The molecule has 0 fully saturated rings. The van der Waals surface area contributed by atoms with E-state index in [1.54, 1.807) is 14.1 Å². The molecule has 7 heteroatoms. The number of nitrogens with two attached hydrogens (primary N) is 1. The van der Waals surface area contributed by atoms with Crippen molar-refractivity contribution in [2.24, 2.45) is 11.7 Å². The molecule has 2 atom stereocenters. The Morgan fingerprint density at radius 1 is 0.962 bits per heavy atom. The van der Waals surface area contributed by atoms with E-state index in [9.17, 15) is 14.4 Å². The molecule has 152 valence electrons. The fourth-order valence-electron chi connectivity index (χ4n) is 3.23. The summed E-state index contributed by atoms with van der Waals surface area (Å²) in [5, 5.41) is 0. The summed E-state index contributed by atoms with van der Waals surface area (Å²) in [7, 11) is 3.27. The zero-order chi connectivity index (χ0) is 20.4. The van der Waals surface area contributed by atoms with Crippen LogP contribution in [0.1, 0.15) is 53.9 Å². The molecule has 0 bridgehead atoms. The van der Waals surface area contributed by atoms with E-state index >= 15 is 0 Å². The molecule has 0 heterocycles. The van der Waals surface area contributed by atoms with Gasteiger partial charge >= 0.3 is 0 Å². The normalized spacial score (nSPS) is 13.6. The zero-order valence-electron chi connectivity index (χ0n) is 17.6. The lowest BCUT2D eigenvalue weighted by atomic mass is 10.0. The summed E-state index contributed by atoms with van der Waals surface area (Å²) in [4.78, 5) is 42.5. The van der Waals surface area contributed by atoms with Crippen LogP contribution in [0.25, 0.3) is 0 Å². The molecule has 0 radical (unpaired) electrons. The molecule has 0 aromatic rings. The van der Waals surface area contributed by atoms with Crippen LogP contribution in [0.5, 0.6) is 0 Å². The Morgan fingerprint density at radius 2 is 1.50 bits per heavy atom. The topological polar surface area (TPSA) is 87.0 Å². The van der Waals surface area contributed by atoms with Gasteiger partial charge < -0.3 is 20.4 Å². The highest BCUT2D eigenvalue weighted by molar-refractivity contribution is 5.91. The van der Waals surface area contributed by atoms with Gasteiger partial charge in [-0.25, -0.2) is 0 Å². The van der Waals surface area contributed by atoms with E-state index in [-0.39, 0.29) is 17.7 Å². The van der Waals surface area contributed by atoms with Crippen molar-refractivity contribution in [2.75, 3.05) is 33.7 Å². The lowest BCUT2D eigenvalue weighted by molar-refractivity contribution is -0.148. The first-order valence-corrected chi connectivity index (χ1v) is 9.66. The molecule has 0 aliphatic rings. The highest BCUT2D eigenvalue weighted by Crippen LogP contribution is 2.15. The molecule has 26 heavy (non-hydrogen) atoms. The summed E-state index contributed by atoms with van der Waals surface area (Å²) in [6.07, 6.45) is 1.66. The average Bonchev–Trinajstić information content (AvgIpc) is 2.57. The van der Waals surface area contributed by atoms with Crippen molar-refractivity contribution >= 4 is 17.7 Å². The number of likely N-dealkylation sites (N-methyl/N-ethyl adjacent to an activating group) is 2. The molecule has 0 aliphatic carbocycles. The second-order valence-electron chi connectivity index (χ2n) is 7.13. The summed E-state index contributed by atoms with van der Waals surface area (Å²) in [6, 6.07) is -1.28. The first kappa shape index (κ1) is 24.4. The van der Waals surface area contributed by atoms with Crippen LogP contribution in [-0.2, 0) is 14.4 Å². The van der Waals surface area contributed by atoms with E-state index < -0.39 is 18.0 Å². The van der Waals surface area contributed by atoms with Gasteiger partial charge in [-0.2, -0.15) is 0 Å². The summed E-state index contributed by atoms with van der Waals surface area (Å²) in [6.45, 7) is 12.3. The minimum absolute atomic E-state index is 0.0565. The van der Waals surface area contributed by atoms with Gasteiger partial charge in [-0.1, -0.05) is 34.6 Å². The van der Waals surface area contributed by atoms with E-state index in [0.29, 0.717) is 19.4 Å². The van der Waals surface area contributed by atoms with Gasteiger partial charge in [0.25, 0.3) is 0 Å². The molecule has 0 spiro atoms. The third-order valence-electron chi connectivity index (χ3n) is 4.91. The van der Waals surface area contributed by atoms with E-state index in [2.05, 4.69) is 18.7 Å². The average molecular weight is 371 g/mol. The number of hydrogen-bond acceptors (Lipinski definition) is 4. The van der Waals surface area contributed by atoms with Crippen LogP contribution in [0.4, 0.5) is 0 Å². The van der Waals surface area contributed by atoms with Crippen LogP contribution in [0.15, 0.2) is 0 Å². The van der Waals surface area contributed by atoms with Crippen molar-refractivity contribution in [2.45, 2.75) is 66.0 Å². The third kappa shape index (κ3) is 6.94. The van der Waals surface area contributed by atoms with E-state index in [1.807, 2.05) is 20.8 Å². The van der Waals surface area contributed by atoms with Crippen molar-refractivity contribution in [1.29, 1.82) is 0 Å². The smallest absolute Gasteiger partial charge is 0.245 e. The van der Waals surface area contributed by atoms with Crippen LogP contribution in [0, 0.1) is 5.92 Å². The Labute approximate surface area is 158 Å². The highest BCUT2D eigenvalue weighted by Gasteiger charge is 2.35. The zero-order valence-corrected chi connectivity index (χ0v) is 17.6. The molecule has 0 rings (SSSR count). The first-order chi connectivity index (χ1) is 12.1. The van der Waals surface area contributed by atoms with Gasteiger partial charge in [-0.3, -0.25) is 14.4 Å². The Bertz CT molecular complexity index is 464. The molecular weight excluding hydrogens is 332 g/mol. The number of carbonyl (C=O) groups excluding carboxylic acids is 3. The SMILES string of the molecule is CCCC(=O)N(C)[C@H](CCN(CC)CC)C(=O)N(C)[C@H](C(N)=O)C(C)C. The Hall–Kier alpha value is -1.63. The van der Waals surface area contributed by atoms with Crippen molar-refractivity contribution in [3.63, 3.8) is 0 Å². The Balaban J connectivity index is 5.49. The van der Waals surface area contributed by atoms with Crippen molar-refractivity contribution in [3.8, 4) is 0 Å². The van der Waals surface area contributed by atoms with E-state index in [1.165, 1.54) is 9.80 Å². The molecule has 0 saturated heterocycles. The maximum atomic E-state index is 13.1. The number of carbonyl (C=O) groups is 3. The molecule has 0 aliphatic heterocycles. The Kier molecular flexibility index (Phi) is 11.1. The quantitative estimate of drug-likeness (QED) is 0.561. The van der Waals surface area contributed by atoms with E-state index in [4.69, 9.17) is 5.73 Å². The van der Waals surface area contributed by atoms with Gasteiger partial charge in [0.05, 0.1) is 0 Å². The predicted molar refractivity (Wildman–Crippen MR) is 104 cm³/mol. The van der Waals surface area contributed by atoms with Gasteiger partial charge in [-0.05, 0) is 31.8 Å². The van der Waals surface area contributed by atoms with Crippen LogP contribution in [0.2, 0.25) is 0 Å². The highest BCUT2D eigenvalue weighted by atomic mass is 16.2. The molecule has 0 saturated carbocycles. The van der Waals surface area contributed by atoms with Crippen molar-refractivity contribution in [3.05, 3.63) is 0 Å². The third-order valence-corrected chi connectivity index (χ3v) is 4.91. The molecule has 7 nitrogen and oxygen atoms in total. The van der Waals surface area contributed by atoms with Gasteiger partial charge in [-0.15, -0.1) is 0 Å². The first-order valence-electron chi connectivity index (χ1n) is 9.66. The van der Waals surface area contributed by atoms with Gasteiger partial charge in [0.15, 0.2) is 0 Å². The van der Waals surface area contributed by atoms with Gasteiger partial charge in [0, 0.05) is 27.1 Å². The fraction of sp³-hybridized carbons (Fsp3) is 0.842. The molecular formula is C19H38N4O3. The maximum absolute atomic E-state index is 13.1. The number of primary amides is 1. The predicted octanol–water partition coefficient (Wildman–Crippen LogP) is 1.31.